The van der Waals surface area contributed by atoms with Crippen LogP contribution < -0.4 is 10.4 Å². The Morgan fingerprint density at radius 1 is 0.938 bits per heavy atom. The highest BCUT2D eigenvalue weighted by molar-refractivity contribution is 5.83. The summed E-state index contributed by atoms with van der Waals surface area (Å²) in [5.41, 5.74) is -0.594. The predicted molar refractivity (Wildman–Crippen MR) is 130 cm³/mol. The standard InChI is InChI=1S/C28H41FO3/c1-3-5-6-7-8-9-10-11-12-24-19-23-17-18-25(27(29)26(23)28(30)32-24)31-20-22-15-13-21(4-2)14-16-22/h17-19,21-22H,3-16,20H2,1-2H3. The lowest BCUT2D eigenvalue weighted by Crippen LogP contribution is -2.20. The average molecular weight is 445 g/mol. The van der Waals surface area contributed by atoms with Crippen LogP contribution in [0.1, 0.15) is 103 Å². The lowest BCUT2D eigenvalue weighted by atomic mass is 9.81. The number of benzene rings is 1. The first-order chi connectivity index (χ1) is 15.6. The fourth-order valence-electron chi connectivity index (χ4n) is 4.95. The molecule has 0 saturated heterocycles. The van der Waals surface area contributed by atoms with Gasteiger partial charge in [-0.3, -0.25) is 0 Å². The van der Waals surface area contributed by atoms with E-state index in [1.54, 1.807) is 12.1 Å². The van der Waals surface area contributed by atoms with Crippen LogP contribution >= 0.6 is 0 Å². The van der Waals surface area contributed by atoms with Crippen molar-refractivity contribution in [3.63, 3.8) is 0 Å². The molecule has 0 unspecified atom stereocenters. The Balaban J connectivity index is 1.52. The van der Waals surface area contributed by atoms with Crippen LogP contribution in [0.25, 0.3) is 10.8 Å². The number of hydrogen-bond donors (Lipinski definition) is 0. The molecule has 3 rings (SSSR count). The van der Waals surface area contributed by atoms with Crippen LogP contribution in [0.4, 0.5) is 4.39 Å². The van der Waals surface area contributed by atoms with Crippen molar-refractivity contribution in [2.24, 2.45) is 11.8 Å². The van der Waals surface area contributed by atoms with Crippen molar-refractivity contribution < 1.29 is 13.5 Å². The van der Waals surface area contributed by atoms with Gasteiger partial charge in [0.05, 0.1) is 6.61 Å². The largest absolute Gasteiger partial charge is 0.490 e. The highest BCUT2D eigenvalue weighted by Crippen LogP contribution is 2.32. The van der Waals surface area contributed by atoms with Gasteiger partial charge in [0.2, 0.25) is 0 Å². The summed E-state index contributed by atoms with van der Waals surface area (Å²) in [7, 11) is 0. The van der Waals surface area contributed by atoms with E-state index < -0.39 is 11.4 Å². The zero-order chi connectivity index (χ0) is 22.8. The molecule has 1 heterocycles. The molecule has 0 spiro atoms. The Morgan fingerprint density at radius 3 is 2.28 bits per heavy atom. The lowest BCUT2D eigenvalue weighted by Gasteiger charge is -2.27. The van der Waals surface area contributed by atoms with Gasteiger partial charge in [0, 0.05) is 6.42 Å². The molecule has 0 amide bonds. The molecule has 0 bridgehead atoms. The number of unbranched alkanes of at least 4 members (excludes halogenated alkanes) is 7. The van der Waals surface area contributed by atoms with E-state index in [0.29, 0.717) is 23.7 Å². The molecule has 1 aliphatic carbocycles. The topological polar surface area (TPSA) is 39.4 Å². The highest BCUT2D eigenvalue weighted by Gasteiger charge is 2.21. The minimum atomic E-state index is -0.594. The van der Waals surface area contributed by atoms with Crippen molar-refractivity contribution in [1.29, 1.82) is 0 Å². The molecule has 1 saturated carbocycles. The molecule has 4 heteroatoms. The molecule has 0 N–H and O–H groups in total. The third kappa shape index (κ3) is 7.08. The van der Waals surface area contributed by atoms with Crippen LogP contribution in [-0.2, 0) is 6.42 Å². The third-order valence-electron chi connectivity index (χ3n) is 7.18. The minimum absolute atomic E-state index is 0.0110. The van der Waals surface area contributed by atoms with E-state index in [9.17, 15) is 4.79 Å². The molecule has 1 aromatic carbocycles. The van der Waals surface area contributed by atoms with Gasteiger partial charge in [-0.25, -0.2) is 9.18 Å². The third-order valence-corrected chi connectivity index (χ3v) is 7.18. The number of aryl methyl sites for hydroxylation is 1. The second-order valence-electron chi connectivity index (χ2n) is 9.67. The van der Waals surface area contributed by atoms with Crippen LogP contribution in [0.5, 0.6) is 5.75 Å². The van der Waals surface area contributed by atoms with E-state index in [0.717, 1.165) is 38.0 Å². The van der Waals surface area contributed by atoms with Gasteiger partial charge < -0.3 is 9.15 Å². The molecular formula is C28H41FO3. The Bertz CT molecular complexity index is 880. The number of fused-ring (bicyclic) bond motifs is 1. The molecule has 2 aromatic rings. The van der Waals surface area contributed by atoms with Crippen LogP contribution in [-0.4, -0.2) is 6.61 Å². The van der Waals surface area contributed by atoms with Crippen LogP contribution in [0.3, 0.4) is 0 Å². The van der Waals surface area contributed by atoms with Crippen LogP contribution in [0, 0.1) is 17.7 Å². The van der Waals surface area contributed by atoms with E-state index in [-0.39, 0.29) is 11.1 Å². The van der Waals surface area contributed by atoms with Crippen molar-refractivity contribution in [2.45, 2.75) is 104 Å². The van der Waals surface area contributed by atoms with E-state index >= 15 is 4.39 Å². The molecule has 3 nitrogen and oxygen atoms in total. The summed E-state index contributed by atoms with van der Waals surface area (Å²) >= 11 is 0. The zero-order valence-corrected chi connectivity index (χ0v) is 20.1. The molecule has 0 aliphatic heterocycles. The predicted octanol–water partition coefficient (Wildman–Crippen LogP) is 8.21. The summed E-state index contributed by atoms with van der Waals surface area (Å²) in [6.45, 7) is 5.00. The maximum atomic E-state index is 15.0. The van der Waals surface area contributed by atoms with Crippen molar-refractivity contribution in [3.8, 4) is 5.75 Å². The van der Waals surface area contributed by atoms with Crippen molar-refractivity contribution >= 4 is 10.8 Å². The molecule has 1 fully saturated rings. The number of halogens is 1. The zero-order valence-electron chi connectivity index (χ0n) is 20.1. The first kappa shape index (κ1) is 24.8. The summed E-state index contributed by atoms with van der Waals surface area (Å²) in [6.07, 6.45) is 16.6. The fourth-order valence-corrected chi connectivity index (χ4v) is 4.95. The smallest absolute Gasteiger partial charge is 0.346 e. The van der Waals surface area contributed by atoms with E-state index in [1.807, 2.05) is 6.07 Å². The van der Waals surface area contributed by atoms with Gasteiger partial charge in [-0.1, -0.05) is 84.1 Å². The first-order valence-corrected chi connectivity index (χ1v) is 13.0. The molecule has 0 atom stereocenters. The molecular weight excluding hydrogens is 403 g/mol. The van der Waals surface area contributed by atoms with Gasteiger partial charge in [0.15, 0.2) is 11.6 Å². The van der Waals surface area contributed by atoms with E-state index in [1.165, 1.54) is 57.8 Å². The maximum Gasteiger partial charge on any atom is 0.346 e. The van der Waals surface area contributed by atoms with Gasteiger partial charge in [-0.2, -0.15) is 0 Å². The van der Waals surface area contributed by atoms with Crippen molar-refractivity contribution in [1.82, 2.24) is 0 Å². The van der Waals surface area contributed by atoms with Gasteiger partial charge in [-0.05, 0) is 48.6 Å². The summed E-state index contributed by atoms with van der Waals surface area (Å²) in [6, 6.07) is 5.27. The van der Waals surface area contributed by atoms with E-state index in [2.05, 4.69) is 13.8 Å². The average Bonchev–Trinajstić information content (AvgIpc) is 2.80. The molecule has 1 aliphatic rings. The second-order valence-corrected chi connectivity index (χ2v) is 9.67. The number of rotatable bonds is 13. The van der Waals surface area contributed by atoms with Gasteiger partial charge in [-0.15, -0.1) is 0 Å². The SMILES string of the molecule is CCCCCCCCCCc1cc2ccc(OCC3CCC(CC)CC3)c(F)c2c(=O)o1. The van der Waals surface area contributed by atoms with Crippen molar-refractivity contribution in [2.75, 3.05) is 6.61 Å². The van der Waals surface area contributed by atoms with Gasteiger partial charge >= 0.3 is 5.63 Å². The monoisotopic (exact) mass is 444 g/mol. The quantitative estimate of drug-likeness (QED) is 0.292. The first-order valence-electron chi connectivity index (χ1n) is 13.0. The second kappa shape index (κ2) is 13.0. The van der Waals surface area contributed by atoms with Gasteiger partial charge in [0.25, 0.3) is 0 Å². The summed E-state index contributed by atoms with van der Waals surface area (Å²) in [5.74, 6) is 1.52. The minimum Gasteiger partial charge on any atom is -0.490 e. The normalized spacial score (nSPS) is 18.8. The fraction of sp³-hybridized carbons (Fsp3) is 0.679. The Morgan fingerprint density at radius 2 is 1.59 bits per heavy atom. The van der Waals surface area contributed by atoms with Crippen LogP contribution in [0.2, 0.25) is 0 Å². The Kier molecular flexibility index (Phi) is 10.1. The molecule has 0 radical (unpaired) electrons. The van der Waals surface area contributed by atoms with Crippen molar-refractivity contribution in [3.05, 3.63) is 40.2 Å². The molecule has 32 heavy (non-hydrogen) atoms. The van der Waals surface area contributed by atoms with E-state index in [4.69, 9.17) is 9.15 Å². The highest BCUT2D eigenvalue weighted by atomic mass is 19.1. The summed E-state index contributed by atoms with van der Waals surface area (Å²) in [5, 5.41) is 0.612. The number of hydrogen-bond acceptors (Lipinski definition) is 3. The summed E-state index contributed by atoms with van der Waals surface area (Å²) in [4.78, 5) is 12.5. The van der Waals surface area contributed by atoms with Crippen LogP contribution in [0.15, 0.2) is 27.4 Å². The Labute approximate surface area is 192 Å². The molecule has 178 valence electrons. The maximum absolute atomic E-state index is 15.0. The lowest BCUT2D eigenvalue weighted by molar-refractivity contribution is 0.177. The molecule has 1 aromatic heterocycles. The van der Waals surface area contributed by atoms with Gasteiger partial charge in [0.1, 0.15) is 11.1 Å². The Hall–Kier alpha value is -1.84. The number of ether oxygens (including phenoxy) is 1. The summed E-state index contributed by atoms with van der Waals surface area (Å²) < 4.78 is 26.3.